The number of halogens is 2. The lowest BCUT2D eigenvalue weighted by atomic mass is 9.78. The van der Waals surface area contributed by atoms with Crippen LogP contribution < -0.4 is 0 Å². The van der Waals surface area contributed by atoms with Crippen LogP contribution in [-0.4, -0.2) is 26.5 Å². The molecule has 0 spiro atoms. The molecule has 3 aromatic rings. The molecule has 5 heteroatoms. The summed E-state index contributed by atoms with van der Waals surface area (Å²) < 4.78 is -1.56. The van der Waals surface area contributed by atoms with E-state index in [2.05, 4.69) is 31.9 Å². The maximum Gasteiger partial charge on any atom is 0.188 e. The van der Waals surface area contributed by atoms with Gasteiger partial charge in [0.25, 0.3) is 0 Å². The Kier molecular flexibility index (Phi) is 5.36. The second-order valence-electron chi connectivity index (χ2n) is 6.94. The Morgan fingerprint density at radius 1 is 0.724 bits per heavy atom. The molecule has 2 atom stereocenters. The summed E-state index contributed by atoms with van der Waals surface area (Å²) in [5.74, 6) is -1.56. The highest BCUT2D eigenvalue weighted by atomic mass is 79.9. The molecule has 3 aromatic carbocycles. The summed E-state index contributed by atoms with van der Waals surface area (Å²) in [7, 11) is 0. The first-order valence-corrected chi connectivity index (χ1v) is 10.8. The summed E-state index contributed by atoms with van der Waals surface area (Å²) in [5, 5.41) is 0. The number of alkyl halides is 2. The number of benzene rings is 3. The predicted octanol–water partition coefficient (Wildman–Crippen LogP) is 5.63. The first-order chi connectivity index (χ1) is 14.0. The van der Waals surface area contributed by atoms with E-state index in [1.807, 2.05) is 36.4 Å². The van der Waals surface area contributed by atoms with Crippen molar-refractivity contribution in [2.75, 3.05) is 0 Å². The Balaban J connectivity index is 1.86. The van der Waals surface area contributed by atoms with E-state index in [-0.39, 0.29) is 17.3 Å². The van der Waals surface area contributed by atoms with Crippen LogP contribution in [0.3, 0.4) is 0 Å². The van der Waals surface area contributed by atoms with Gasteiger partial charge in [-0.25, -0.2) is 0 Å². The van der Waals surface area contributed by atoms with Gasteiger partial charge >= 0.3 is 0 Å². The third kappa shape index (κ3) is 3.22. The highest BCUT2D eigenvalue weighted by molar-refractivity contribution is 9.11. The number of Topliss-reactive ketones (excluding diaryl/α,β-unsaturated/α-hetero) is 3. The molecule has 0 aromatic heterocycles. The maximum absolute atomic E-state index is 13.4. The summed E-state index contributed by atoms with van der Waals surface area (Å²) in [6.45, 7) is 0. The fraction of sp³-hybridized carbons (Fsp3) is 0.125. The maximum atomic E-state index is 13.4. The Labute approximate surface area is 185 Å². The van der Waals surface area contributed by atoms with Gasteiger partial charge in [0.15, 0.2) is 21.7 Å². The van der Waals surface area contributed by atoms with Crippen LogP contribution in [-0.2, 0) is 0 Å². The Hall–Kier alpha value is -2.37. The number of carbonyl (C=O) groups excluding carboxylic acids is 3. The second-order valence-corrected chi connectivity index (χ2v) is 9.17. The van der Waals surface area contributed by atoms with E-state index in [1.54, 1.807) is 48.5 Å². The molecule has 0 aliphatic heterocycles. The van der Waals surface area contributed by atoms with Crippen molar-refractivity contribution in [1.29, 1.82) is 0 Å². The standard InChI is InChI=1S/C24H16Br2O3/c25-20(21(27)16-11-5-2-6-12-16)19(15-9-3-1-4-10-15)24(26)22(28)17-13-7-8-14-18(17)23(24)29/h1-14,19-20H/t19-,20-/m1/s1. The van der Waals surface area contributed by atoms with Gasteiger partial charge in [-0.1, -0.05) is 117 Å². The predicted molar refractivity (Wildman–Crippen MR) is 119 cm³/mol. The number of ketones is 3. The molecule has 1 aliphatic rings. The van der Waals surface area contributed by atoms with Gasteiger partial charge < -0.3 is 0 Å². The van der Waals surface area contributed by atoms with E-state index in [0.717, 1.165) is 5.56 Å². The average Bonchev–Trinajstić information content (AvgIpc) is 2.96. The lowest BCUT2D eigenvalue weighted by molar-refractivity contribution is 0.0844. The Morgan fingerprint density at radius 2 is 1.17 bits per heavy atom. The molecule has 144 valence electrons. The van der Waals surface area contributed by atoms with Crippen LogP contribution in [0.5, 0.6) is 0 Å². The molecule has 29 heavy (non-hydrogen) atoms. The van der Waals surface area contributed by atoms with Crippen LogP contribution in [0.25, 0.3) is 0 Å². The van der Waals surface area contributed by atoms with E-state index in [4.69, 9.17) is 0 Å². The first kappa shape index (κ1) is 19.9. The van der Waals surface area contributed by atoms with Crippen molar-refractivity contribution in [2.45, 2.75) is 15.1 Å². The third-order valence-electron chi connectivity index (χ3n) is 5.27. The Bertz CT molecular complexity index is 1060. The zero-order chi connectivity index (χ0) is 20.6. The number of carbonyl (C=O) groups is 3. The zero-order valence-electron chi connectivity index (χ0n) is 15.2. The monoisotopic (exact) mass is 510 g/mol. The minimum absolute atomic E-state index is 0.185. The van der Waals surface area contributed by atoms with Gasteiger partial charge in [0.1, 0.15) is 0 Å². The molecule has 0 N–H and O–H groups in total. The summed E-state index contributed by atoms with van der Waals surface area (Å²) in [6, 6.07) is 24.9. The smallest absolute Gasteiger partial charge is 0.188 e. The van der Waals surface area contributed by atoms with Gasteiger partial charge in [-0.2, -0.15) is 0 Å². The van der Waals surface area contributed by atoms with Gasteiger partial charge in [-0.3, -0.25) is 14.4 Å². The van der Waals surface area contributed by atoms with Crippen LogP contribution in [0.4, 0.5) is 0 Å². The van der Waals surface area contributed by atoms with Crippen LogP contribution in [0, 0.1) is 0 Å². The fourth-order valence-electron chi connectivity index (χ4n) is 3.83. The largest absolute Gasteiger partial charge is 0.293 e. The van der Waals surface area contributed by atoms with Crippen molar-refractivity contribution in [3.63, 3.8) is 0 Å². The number of rotatable bonds is 5. The van der Waals surface area contributed by atoms with Crippen molar-refractivity contribution in [1.82, 2.24) is 0 Å². The van der Waals surface area contributed by atoms with Crippen molar-refractivity contribution in [2.24, 2.45) is 0 Å². The van der Waals surface area contributed by atoms with E-state index in [0.29, 0.717) is 16.7 Å². The van der Waals surface area contributed by atoms with Crippen LogP contribution in [0.2, 0.25) is 0 Å². The zero-order valence-corrected chi connectivity index (χ0v) is 18.4. The third-order valence-corrected chi connectivity index (χ3v) is 7.42. The van der Waals surface area contributed by atoms with Crippen molar-refractivity contribution in [3.05, 3.63) is 107 Å². The van der Waals surface area contributed by atoms with Crippen molar-refractivity contribution < 1.29 is 14.4 Å². The molecule has 0 amide bonds. The molecule has 3 nitrogen and oxygen atoms in total. The van der Waals surface area contributed by atoms with Crippen molar-refractivity contribution >= 4 is 49.2 Å². The fourth-order valence-corrected chi connectivity index (χ4v) is 6.11. The molecule has 0 unspecified atom stereocenters. The molecule has 0 saturated carbocycles. The van der Waals surface area contributed by atoms with Crippen molar-refractivity contribution in [3.8, 4) is 0 Å². The summed E-state index contributed by atoms with van der Waals surface area (Å²) in [4.78, 5) is 39.3. The number of fused-ring (bicyclic) bond motifs is 1. The topological polar surface area (TPSA) is 51.2 Å². The summed E-state index contributed by atoms with van der Waals surface area (Å²) >= 11 is 7.07. The highest BCUT2D eigenvalue weighted by Crippen LogP contribution is 2.49. The van der Waals surface area contributed by atoms with E-state index in [9.17, 15) is 14.4 Å². The van der Waals surface area contributed by atoms with Crippen LogP contribution in [0.1, 0.15) is 42.6 Å². The van der Waals surface area contributed by atoms with Gasteiger partial charge in [0.05, 0.1) is 4.83 Å². The van der Waals surface area contributed by atoms with E-state index in [1.165, 1.54) is 0 Å². The minimum atomic E-state index is -1.56. The van der Waals surface area contributed by atoms with Gasteiger partial charge in [0.2, 0.25) is 0 Å². The SMILES string of the molecule is O=C(c1ccccc1)[C@H](Br)[C@@H](c1ccccc1)C1(Br)C(=O)c2ccccc2C1=O. The lowest BCUT2D eigenvalue weighted by Crippen LogP contribution is -2.46. The van der Waals surface area contributed by atoms with Gasteiger partial charge in [-0.05, 0) is 5.56 Å². The molecule has 0 heterocycles. The second kappa shape index (κ2) is 7.81. The van der Waals surface area contributed by atoms with Gasteiger partial charge in [-0.15, -0.1) is 0 Å². The normalized spacial score (nSPS) is 16.9. The van der Waals surface area contributed by atoms with E-state index < -0.39 is 15.1 Å². The highest BCUT2D eigenvalue weighted by Gasteiger charge is 2.59. The molecular formula is C24H16Br2O3. The lowest BCUT2D eigenvalue weighted by Gasteiger charge is -2.33. The molecule has 4 rings (SSSR count). The molecule has 0 saturated heterocycles. The Morgan fingerprint density at radius 3 is 1.69 bits per heavy atom. The quantitative estimate of drug-likeness (QED) is 0.253. The first-order valence-electron chi connectivity index (χ1n) is 9.12. The molecule has 0 radical (unpaired) electrons. The van der Waals surface area contributed by atoms with E-state index >= 15 is 0 Å². The summed E-state index contributed by atoms with van der Waals surface area (Å²) in [5.41, 5.74) is 2.00. The van der Waals surface area contributed by atoms with Crippen LogP contribution in [0.15, 0.2) is 84.9 Å². The minimum Gasteiger partial charge on any atom is -0.293 e. The van der Waals surface area contributed by atoms with Gasteiger partial charge in [0, 0.05) is 22.6 Å². The molecule has 0 bridgehead atoms. The average molecular weight is 512 g/mol. The van der Waals surface area contributed by atoms with Crippen LogP contribution >= 0.6 is 31.9 Å². The molecular weight excluding hydrogens is 496 g/mol. The number of hydrogen-bond donors (Lipinski definition) is 0. The number of hydrogen-bond acceptors (Lipinski definition) is 3. The molecule has 0 fully saturated rings. The summed E-state index contributed by atoms with van der Waals surface area (Å²) in [6.07, 6.45) is 0. The molecule has 1 aliphatic carbocycles.